The lowest BCUT2D eigenvalue weighted by molar-refractivity contribution is -0.134. The summed E-state index contributed by atoms with van der Waals surface area (Å²) in [5.41, 5.74) is 3.86. The first-order valence-electron chi connectivity index (χ1n) is 17.9. The van der Waals surface area contributed by atoms with Crippen LogP contribution in [0.2, 0.25) is 0 Å². The number of nitrogens with zero attached hydrogens (tertiary/aromatic N) is 5. The Bertz CT molecular complexity index is 1870. The zero-order chi connectivity index (χ0) is 35.9. The number of likely N-dealkylation sites (tertiary alicyclic amines) is 2. The largest absolute Gasteiger partial charge is 0.379 e. The SMILES string of the molecule is CN1C[C@H](Nc2cnn(C)c(=O)c2Br)C[C@H](c2ccc(C(=O)N3CCC4(CC3)CCN(c3ccc(F)c(C5CCC(=O)NC5=O)c3)CC4)cc2)C1. The number of likely N-dealkylation sites (N-methyl/N-ethyl adjacent to an activating group) is 1. The molecule has 4 saturated heterocycles. The molecule has 4 fully saturated rings. The van der Waals surface area contributed by atoms with E-state index in [0.717, 1.165) is 77.1 Å². The molecule has 1 aromatic heterocycles. The third-order valence-corrected chi connectivity index (χ3v) is 12.4. The summed E-state index contributed by atoms with van der Waals surface area (Å²) in [4.78, 5) is 56.5. The Hall–Kier alpha value is -4.10. The minimum absolute atomic E-state index is 0.0736. The van der Waals surface area contributed by atoms with E-state index in [0.29, 0.717) is 27.7 Å². The van der Waals surface area contributed by atoms with Crippen LogP contribution in [0.1, 0.15) is 78.3 Å². The number of piperidine rings is 4. The summed E-state index contributed by atoms with van der Waals surface area (Å²) in [7, 11) is 3.73. The van der Waals surface area contributed by atoms with Crippen LogP contribution in [0.4, 0.5) is 15.8 Å². The molecule has 4 aliphatic rings. The van der Waals surface area contributed by atoms with Crippen LogP contribution in [0.3, 0.4) is 0 Å². The smallest absolute Gasteiger partial charge is 0.282 e. The average Bonchev–Trinajstić information content (AvgIpc) is 3.13. The van der Waals surface area contributed by atoms with Crippen molar-refractivity contribution in [3.63, 3.8) is 0 Å². The summed E-state index contributed by atoms with van der Waals surface area (Å²) in [6.07, 6.45) is 7.01. The molecule has 3 aromatic rings. The molecule has 0 bridgehead atoms. The zero-order valence-electron chi connectivity index (χ0n) is 29.2. The van der Waals surface area contributed by atoms with Crippen LogP contribution in [-0.2, 0) is 16.6 Å². The topological polar surface area (TPSA) is 120 Å². The van der Waals surface area contributed by atoms with E-state index in [-0.39, 0.29) is 41.2 Å². The molecule has 51 heavy (non-hydrogen) atoms. The van der Waals surface area contributed by atoms with E-state index in [9.17, 15) is 23.6 Å². The number of carbonyl (C=O) groups excluding carboxylic acids is 3. The standard InChI is InChI=1S/C38H45BrFN7O4/c1-44-22-26(19-27(23-44)42-32-21-41-45(2)37(51)34(32)39)24-3-5-25(6-4-24)36(50)47-17-13-38(14-18-47)11-15-46(16-12-38)28-7-9-31(40)30(20-28)29-8-10-33(48)43-35(29)49/h3-7,9,20-21,26-27,29,42H,8,10-19,22-23H2,1-2H3,(H,43,48,49)/t26-,27+,29?/m0/s1. The Morgan fingerprint density at radius 2 is 1.69 bits per heavy atom. The lowest BCUT2D eigenvalue weighted by atomic mass is 9.71. The van der Waals surface area contributed by atoms with Gasteiger partial charge in [0, 0.05) is 75.6 Å². The molecule has 0 saturated carbocycles. The lowest BCUT2D eigenvalue weighted by Gasteiger charge is -2.47. The molecule has 11 nitrogen and oxygen atoms in total. The van der Waals surface area contributed by atoms with Crippen molar-refractivity contribution in [1.29, 1.82) is 0 Å². The van der Waals surface area contributed by atoms with Crippen molar-refractivity contribution in [1.82, 2.24) is 24.9 Å². The second kappa shape index (κ2) is 14.5. The molecule has 5 heterocycles. The fraction of sp³-hybridized carbons (Fsp3) is 0.500. The van der Waals surface area contributed by atoms with Crippen molar-refractivity contribution in [2.45, 2.75) is 62.8 Å². The number of aromatic nitrogens is 2. The molecule has 1 unspecified atom stereocenters. The Morgan fingerprint density at radius 3 is 2.39 bits per heavy atom. The van der Waals surface area contributed by atoms with Crippen LogP contribution in [-0.4, -0.2) is 89.7 Å². The number of imide groups is 1. The predicted molar refractivity (Wildman–Crippen MR) is 196 cm³/mol. The van der Waals surface area contributed by atoms with Gasteiger partial charge >= 0.3 is 0 Å². The minimum atomic E-state index is -0.653. The van der Waals surface area contributed by atoms with Gasteiger partial charge in [-0.15, -0.1) is 0 Å². The second-order valence-electron chi connectivity index (χ2n) is 14.9. The normalized spacial score (nSPS) is 24.0. The first-order valence-corrected chi connectivity index (χ1v) is 18.7. The Labute approximate surface area is 305 Å². The summed E-state index contributed by atoms with van der Waals surface area (Å²) >= 11 is 3.42. The summed E-state index contributed by atoms with van der Waals surface area (Å²) in [5.74, 6) is -1.45. The number of rotatable bonds is 6. The van der Waals surface area contributed by atoms with Crippen molar-refractivity contribution in [3.05, 3.63) is 86.0 Å². The second-order valence-corrected chi connectivity index (χ2v) is 15.7. The molecule has 3 atom stereocenters. The van der Waals surface area contributed by atoms with Crippen molar-refractivity contribution in [3.8, 4) is 0 Å². The van der Waals surface area contributed by atoms with Crippen molar-refractivity contribution in [2.75, 3.05) is 56.5 Å². The van der Waals surface area contributed by atoms with Gasteiger partial charge in [-0.25, -0.2) is 9.07 Å². The minimum Gasteiger partial charge on any atom is -0.379 e. The van der Waals surface area contributed by atoms with E-state index in [4.69, 9.17) is 0 Å². The maximum absolute atomic E-state index is 14.8. The molecular formula is C38H45BrFN7O4. The molecule has 0 radical (unpaired) electrons. The number of carbonyl (C=O) groups is 3. The van der Waals surface area contributed by atoms with Crippen LogP contribution in [0.25, 0.3) is 0 Å². The number of amides is 3. The van der Waals surface area contributed by atoms with Crippen LogP contribution < -0.4 is 21.1 Å². The van der Waals surface area contributed by atoms with Crippen LogP contribution in [0.15, 0.2) is 57.9 Å². The first kappa shape index (κ1) is 35.3. The molecule has 2 N–H and O–H groups in total. The van der Waals surface area contributed by atoms with Gasteiger partial charge in [0.25, 0.3) is 11.5 Å². The summed E-state index contributed by atoms with van der Waals surface area (Å²) < 4.78 is 16.6. The molecule has 3 amide bonds. The highest BCUT2D eigenvalue weighted by molar-refractivity contribution is 9.10. The summed E-state index contributed by atoms with van der Waals surface area (Å²) in [5, 5.41) is 10.0. The van der Waals surface area contributed by atoms with Crippen LogP contribution >= 0.6 is 15.9 Å². The summed E-state index contributed by atoms with van der Waals surface area (Å²) in [6, 6.07) is 13.2. The van der Waals surface area contributed by atoms with Gasteiger partial charge in [-0.2, -0.15) is 5.10 Å². The van der Waals surface area contributed by atoms with Crippen molar-refractivity contribution < 1.29 is 18.8 Å². The number of hydrogen-bond acceptors (Lipinski definition) is 8. The molecular weight excluding hydrogens is 717 g/mol. The Morgan fingerprint density at radius 1 is 0.980 bits per heavy atom. The average molecular weight is 763 g/mol. The van der Waals surface area contributed by atoms with Crippen molar-refractivity contribution >= 4 is 45.0 Å². The molecule has 2 aromatic carbocycles. The number of nitrogens with one attached hydrogen (secondary N) is 2. The van der Waals surface area contributed by atoms with Gasteiger partial charge in [-0.3, -0.25) is 24.5 Å². The predicted octanol–water partition coefficient (Wildman–Crippen LogP) is 4.62. The first-order chi connectivity index (χ1) is 24.5. The van der Waals surface area contributed by atoms with Gasteiger partial charge in [0.05, 0.1) is 17.8 Å². The number of halogens is 2. The van der Waals surface area contributed by atoms with Crippen LogP contribution in [0, 0.1) is 11.2 Å². The van der Waals surface area contributed by atoms with E-state index in [1.54, 1.807) is 25.4 Å². The number of aryl methyl sites for hydroxylation is 1. The molecule has 270 valence electrons. The van der Waals surface area contributed by atoms with E-state index in [1.807, 2.05) is 17.0 Å². The van der Waals surface area contributed by atoms with E-state index >= 15 is 0 Å². The summed E-state index contributed by atoms with van der Waals surface area (Å²) in [6.45, 7) is 4.88. The molecule has 7 rings (SSSR count). The van der Waals surface area contributed by atoms with Crippen LogP contribution in [0.5, 0.6) is 0 Å². The van der Waals surface area contributed by atoms with E-state index in [2.05, 4.69) is 60.6 Å². The molecule has 13 heteroatoms. The van der Waals surface area contributed by atoms with Gasteiger partial charge in [0.1, 0.15) is 10.3 Å². The quantitative estimate of drug-likeness (QED) is 0.350. The molecule has 4 aliphatic heterocycles. The maximum Gasteiger partial charge on any atom is 0.282 e. The maximum atomic E-state index is 14.8. The Balaban J connectivity index is 0.923. The number of benzene rings is 2. The highest BCUT2D eigenvalue weighted by Crippen LogP contribution is 2.43. The van der Waals surface area contributed by atoms with E-state index < -0.39 is 17.6 Å². The lowest BCUT2D eigenvalue weighted by Crippen LogP contribution is -2.48. The van der Waals surface area contributed by atoms with Gasteiger partial charge in [0.2, 0.25) is 11.8 Å². The van der Waals surface area contributed by atoms with Gasteiger partial charge in [0.15, 0.2) is 0 Å². The fourth-order valence-corrected chi connectivity index (χ4v) is 8.96. The van der Waals surface area contributed by atoms with Gasteiger partial charge in [-0.05, 0) is 109 Å². The number of anilines is 2. The van der Waals surface area contributed by atoms with E-state index in [1.165, 1.54) is 16.3 Å². The fourth-order valence-electron chi connectivity index (χ4n) is 8.49. The Kier molecular flexibility index (Phi) is 10.0. The number of hydrogen-bond donors (Lipinski definition) is 2. The third-order valence-electron chi connectivity index (χ3n) is 11.6. The highest BCUT2D eigenvalue weighted by Gasteiger charge is 2.39. The van der Waals surface area contributed by atoms with Crippen molar-refractivity contribution in [2.24, 2.45) is 12.5 Å². The molecule has 0 aliphatic carbocycles. The molecule has 1 spiro atoms. The van der Waals surface area contributed by atoms with Gasteiger partial charge in [-0.1, -0.05) is 12.1 Å². The van der Waals surface area contributed by atoms with Gasteiger partial charge < -0.3 is 20.0 Å². The zero-order valence-corrected chi connectivity index (χ0v) is 30.8. The highest BCUT2D eigenvalue weighted by atomic mass is 79.9. The third kappa shape index (κ3) is 7.46. The monoisotopic (exact) mass is 761 g/mol.